The maximum Gasteiger partial charge on any atom is 0.261 e. The van der Waals surface area contributed by atoms with Gasteiger partial charge in [-0.05, 0) is 74.9 Å². The molecule has 2 rings (SSSR count). The predicted octanol–water partition coefficient (Wildman–Crippen LogP) is 4.61. The van der Waals surface area contributed by atoms with Gasteiger partial charge in [0, 0.05) is 6.54 Å². The van der Waals surface area contributed by atoms with Crippen LogP contribution >= 0.6 is 0 Å². The number of rotatable bonds is 10. The first-order valence-corrected chi connectivity index (χ1v) is 9.77. The SMILES string of the molecule is CCOc1ccc(CCCNC(=O)[C@H](CC)Oc2cccc(C)c2C)cc1. The lowest BCUT2D eigenvalue weighted by atomic mass is 10.1. The van der Waals surface area contributed by atoms with Crippen LogP contribution in [0.15, 0.2) is 42.5 Å². The summed E-state index contributed by atoms with van der Waals surface area (Å²) in [7, 11) is 0. The third-order valence-electron chi connectivity index (χ3n) is 4.66. The van der Waals surface area contributed by atoms with Crippen LogP contribution in [-0.2, 0) is 11.2 Å². The molecule has 27 heavy (non-hydrogen) atoms. The highest BCUT2D eigenvalue weighted by molar-refractivity contribution is 5.81. The van der Waals surface area contributed by atoms with E-state index in [1.54, 1.807) is 0 Å². The molecule has 0 radical (unpaired) electrons. The summed E-state index contributed by atoms with van der Waals surface area (Å²) in [5.74, 6) is 1.63. The van der Waals surface area contributed by atoms with Crippen molar-refractivity contribution in [2.24, 2.45) is 0 Å². The number of ether oxygens (including phenoxy) is 2. The topological polar surface area (TPSA) is 47.6 Å². The van der Waals surface area contributed by atoms with Crippen molar-refractivity contribution in [1.29, 1.82) is 0 Å². The zero-order valence-corrected chi connectivity index (χ0v) is 16.9. The Bertz CT molecular complexity index is 725. The molecule has 146 valence electrons. The van der Waals surface area contributed by atoms with Crippen molar-refractivity contribution in [3.63, 3.8) is 0 Å². The molecule has 4 heteroatoms. The average molecular weight is 370 g/mol. The number of hydrogen-bond donors (Lipinski definition) is 1. The Labute approximate surface area is 162 Å². The highest BCUT2D eigenvalue weighted by Crippen LogP contribution is 2.22. The molecule has 0 bridgehead atoms. The number of aryl methyl sites for hydroxylation is 2. The largest absolute Gasteiger partial charge is 0.494 e. The van der Waals surface area contributed by atoms with Crippen LogP contribution in [0.4, 0.5) is 0 Å². The van der Waals surface area contributed by atoms with Gasteiger partial charge in [-0.3, -0.25) is 4.79 Å². The molecule has 0 aliphatic rings. The molecule has 0 saturated heterocycles. The van der Waals surface area contributed by atoms with Gasteiger partial charge < -0.3 is 14.8 Å². The fourth-order valence-corrected chi connectivity index (χ4v) is 2.86. The van der Waals surface area contributed by atoms with Crippen LogP contribution in [0.2, 0.25) is 0 Å². The minimum Gasteiger partial charge on any atom is -0.494 e. The third-order valence-corrected chi connectivity index (χ3v) is 4.66. The van der Waals surface area contributed by atoms with Crippen LogP contribution < -0.4 is 14.8 Å². The average Bonchev–Trinajstić information content (AvgIpc) is 2.67. The first-order chi connectivity index (χ1) is 13.0. The molecule has 0 unspecified atom stereocenters. The van der Waals surface area contributed by atoms with Crippen LogP contribution in [0.1, 0.15) is 43.4 Å². The smallest absolute Gasteiger partial charge is 0.261 e. The lowest BCUT2D eigenvalue weighted by molar-refractivity contribution is -0.128. The van der Waals surface area contributed by atoms with E-state index in [9.17, 15) is 4.79 Å². The molecule has 0 spiro atoms. The summed E-state index contributed by atoms with van der Waals surface area (Å²) in [6.07, 6.45) is 1.98. The minimum absolute atomic E-state index is 0.0508. The van der Waals surface area contributed by atoms with E-state index in [-0.39, 0.29) is 5.91 Å². The Morgan fingerprint density at radius 1 is 1.07 bits per heavy atom. The standard InChI is InChI=1S/C23H31NO3/c1-5-21(27-22-11-7-9-17(3)18(22)4)23(25)24-16-8-10-19-12-14-20(15-13-19)26-6-2/h7,9,11-15,21H,5-6,8,10,16H2,1-4H3,(H,24,25)/t21-/m0/s1. The van der Waals surface area contributed by atoms with Crippen LogP contribution in [0.5, 0.6) is 11.5 Å². The second kappa shape index (κ2) is 10.6. The summed E-state index contributed by atoms with van der Waals surface area (Å²) in [4.78, 5) is 12.5. The normalized spacial score (nSPS) is 11.7. The van der Waals surface area contributed by atoms with Gasteiger partial charge in [-0.15, -0.1) is 0 Å². The lowest BCUT2D eigenvalue weighted by Gasteiger charge is -2.19. The summed E-state index contributed by atoms with van der Waals surface area (Å²) < 4.78 is 11.4. The van der Waals surface area contributed by atoms with E-state index in [1.807, 2.05) is 58.0 Å². The van der Waals surface area contributed by atoms with E-state index in [0.29, 0.717) is 19.6 Å². The van der Waals surface area contributed by atoms with E-state index in [4.69, 9.17) is 9.47 Å². The van der Waals surface area contributed by atoms with E-state index >= 15 is 0 Å². The molecule has 0 saturated carbocycles. The molecule has 1 atom stereocenters. The van der Waals surface area contributed by atoms with Gasteiger partial charge in [-0.25, -0.2) is 0 Å². The Balaban J connectivity index is 1.78. The number of hydrogen-bond acceptors (Lipinski definition) is 3. The molecule has 0 aliphatic heterocycles. The van der Waals surface area contributed by atoms with Crippen molar-refractivity contribution in [2.75, 3.05) is 13.2 Å². The zero-order chi connectivity index (χ0) is 19.6. The number of nitrogens with one attached hydrogen (secondary N) is 1. The van der Waals surface area contributed by atoms with Crippen molar-refractivity contribution in [1.82, 2.24) is 5.32 Å². The summed E-state index contributed by atoms with van der Waals surface area (Å²) >= 11 is 0. The lowest BCUT2D eigenvalue weighted by Crippen LogP contribution is -2.38. The van der Waals surface area contributed by atoms with Gasteiger partial charge in [0.15, 0.2) is 6.10 Å². The number of carbonyl (C=O) groups is 1. The van der Waals surface area contributed by atoms with E-state index in [0.717, 1.165) is 35.5 Å². The van der Waals surface area contributed by atoms with Crippen molar-refractivity contribution in [3.8, 4) is 11.5 Å². The molecule has 1 N–H and O–H groups in total. The van der Waals surface area contributed by atoms with Crippen LogP contribution in [-0.4, -0.2) is 25.2 Å². The molecule has 0 aliphatic carbocycles. The molecule has 0 heterocycles. The fourth-order valence-electron chi connectivity index (χ4n) is 2.86. The Kier molecular flexibility index (Phi) is 8.18. The van der Waals surface area contributed by atoms with Crippen LogP contribution in [0, 0.1) is 13.8 Å². The van der Waals surface area contributed by atoms with E-state index in [2.05, 4.69) is 17.4 Å². The summed E-state index contributed by atoms with van der Waals surface area (Å²) in [6.45, 7) is 9.32. The summed E-state index contributed by atoms with van der Waals surface area (Å²) in [5, 5.41) is 3.00. The van der Waals surface area contributed by atoms with Crippen molar-refractivity contribution in [2.45, 2.75) is 53.1 Å². The molecule has 0 fully saturated rings. The monoisotopic (exact) mass is 369 g/mol. The van der Waals surface area contributed by atoms with Crippen molar-refractivity contribution in [3.05, 3.63) is 59.2 Å². The molecule has 4 nitrogen and oxygen atoms in total. The Morgan fingerprint density at radius 2 is 1.81 bits per heavy atom. The van der Waals surface area contributed by atoms with Crippen molar-refractivity contribution < 1.29 is 14.3 Å². The second-order valence-electron chi connectivity index (χ2n) is 6.68. The molecule has 1 amide bonds. The molecule has 0 aromatic heterocycles. The number of amides is 1. The maximum atomic E-state index is 12.5. The molecular weight excluding hydrogens is 338 g/mol. The minimum atomic E-state index is -0.462. The predicted molar refractivity (Wildman–Crippen MR) is 110 cm³/mol. The highest BCUT2D eigenvalue weighted by atomic mass is 16.5. The molecular formula is C23H31NO3. The quantitative estimate of drug-likeness (QED) is 0.622. The fraction of sp³-hybridized carbons (Fsp3) is 0.435. The third kappa shape index (κ3) is 6.31. The zero-order valence-electron chi connectivity index (χ0n) is 16.9. The highest BCUT2D eigenvalue weighted by Gasteiger charge is 2.18. The summed E-state index contributed by atoms with van der Waals surface area (Å²) in [6, 6.07) is 14.1. The summed E-state index contributed by atoms with van der Waals surface area (Å²) in [5.41, 5.74) is 3.49. The van der Waals surface area contributed by atoms with Crippen LogP contribution in [0.3, 0.4) is 0 Å². The first kappa shape index (κ1) is 20.8. The van der Waals surface area contributed by atoms with Crippen LogP contribution in [0.25, 0.3) is 0 Å². The number of carbonyl (C=O) groups excluding carboxylic acids is 1. The second-order valence-corrected chi connectivity index (χ2v) is 6.68. The van der Waals surface area contributed by atoms with Crippen molar-refractivity contribution >= 4 is 5.91 Å². The van der Waals surface area contributed by atoms with Gasteiger partial charge in [0.1, 0.15) is 11.5 Å². The van der Waals surface area contributed by atoms with Gasteiger partial charge in [0.05, 0.1) is 6.61 Å². The first-order valence-electron chi connectivity index (χ1n) is 9.77. The molecule has 2 aromatic rings. The Morgan fingerprint density at radius 3 is 2.48 bits per heavy atom. The molecule has 2 aromatic carbocycles. The maximum absolute atomic E-state index is 12.5. The van der Waals surface area contributed by atoms with Gasteiger partial charge in [-0.1, -0.05) is 31.2 Å². The van der Waals surface area contributed by atoms with Gasteiger partial charge in [0.2, 0.25) is 0 Å². The van der Waals surface area contributed by atoms with E-state index < -0.39 is 6.10 Å². The Hall–Kier alpha value is -2.49. The van der Waals surface area contributed by atoms with Gasteiger partial charge >= 0.3 is 0 Å². The van der Waals surface area contributed by atoms with Gasteiger partial charge in [-0.2, -0.15) is 0 Å². The van der Waals surface area contributed by atoms with Gasteiger partial charge in [0.25, 0.3) is 5.91 Å². The van der Waals surface area contributed by atoms with E-state index in [1.165, 1.54) is 5.56 Å². The number of benzene rings is 2.